The maximum atomic E-state index is 11.7. The first-order valence-corrected chi connectivity index (χ1v) is 9.55. The van der Waals surface area contributed by atoms with Crippen LogP contribution in [0.3, 0.4) is 0 Å². The largest absolute Gasteiger partial charge is 0.381 e. The van der Waals surface area contributed by atoms with Gasteiger partial charge in [0.25, 0.3) is 5.91 Å². The fraction of sp³-hybridized carbons (Fsp3) is 0.722. The number of hydrogen-bond acceptors (Lipinski definition) is 7. The molecular weight excluding hydrogens is 334 g/mol. The summed E-state index contributed by atoms with van der Waals surface area (Å²) in [7, 11) is 0. The van der Waals surface area contributed by atoms with Crippen molar-refractivity contribution >= 4 is 17.7 Å². The normalized spacial score (nSPS) is 24.2. The fourth-order valence-electron chi connectivity index (χ4n) is 3.57. The van der Waals surface area contributed by atoms with Crippen molar-refractivity contribution in [2.75, 3.05) is 30.5 Å². The van der Waals surface area contributed by atoms with Crippen molar-refractivity contribution < 1.29 is 14.3 Å². The number of nitrogens with one attached hydrogen (secondary N) is 2. The van der Waals surface area contributed by atoms with Crippen LogP contribution >= 0.6 is 0 Å². The number of carbonyl (C=O) groups is 1. The quantitative estimate of drug-likeness (QED) is 0.678. The minimum Gasteiger partial charge on any atom is -0.381 e. The van der Waals surface area contributed by atoms with E-state index in [1.807, 2.05) is 6.92 Å². The molecule has 1 aromatic rings. The van der Waals surface area contributed by atoms with Gasteiger partial charge < -0.3 is 25.8 Å². The van der Waals surface area contributed by atoms with E-state index in [-0.39, 0.29) is 12.1 Å². The summed E-state index contributed by atoms with van der Waals surface area (Å²) < 4.78 is 11.1. The van der Waals surface area contributed by atoms with Crippen LogP contribution in [0.25, 0.3) is 0 Å². The Labute approximate surface area is 154 Å². The van der Waals surface area contributed by atoms with E-state index < -0.39 is 5.91 Å². The Hall–Kier alpha value is -1.93. The van der Waals surface area contributed by atoms with Crippen molar-refractivity contribution in [2.24, 2.45) is 5.73 Å². The first-order valence-electron chi connectivity index (χ1n) is 9.55. The highest BCUT2D eigenvalue weighted by atomic mass is 16.5. The molecule has 8 nitrogen and oxygen atoms in total. The standard InChI is InChI=1S/C18H29N5O3/c1-2-26-14-5-3-12(4-6-14)21-17-15(16(19)24)11-20-18(23-17)22-13-7-9-25-10-8-13/h11-14H,2-10H2,1H3,(H2,19,24)(H2,20,21,22,23). The van der Waals surface area contributed by atoms with Crippen LogP contribution < -0.4 is 16.4 Å². The number of amides is 1. The number of anilines is 2. The lowest BCUT2D eigenvalue weighted by Gasteiger charge is -2.29. The molecule has 0 aromatic carbocycles. The Morgan fingerprint density at radius 1 is 1.19 bits per heavy atom. The van der Waals surface area contributed by atoms with Crippen LogP contribution in [0, 0.1) is 0 Å². The van der Waals surface area contributed by atoms with Gasteiger partial charge in [0.2, 0.25) is 5.95 Å². The zero-order chi connectivity index (χ0) is 18.4. The molecule has 8 heteroatoms. The number of hydrogen-bond donors (Lipinski definition) is 3. The van der Waals surface area contributed by atoms with Crippen LogP contribution in [0.5, 0.6) is 0 Å². The maximum absolute atomic E-state index is 11.7. The zero-order valence-electron chi connectivity index (χ0n) is 15.4. The summed E-state index contributed by atoms with van der Waals surface area (Å²) in [5.41, 5.74) is 5.83. The number of nitrogens with two attached hydrogens (primary N) is 1. The topological polar surface area (TPSA) is 111 Å². The Balaban J connectivity index is 1.65. The summed E-state index contributed by atoms with van der Waals surface area (Å²) in [5, 5.41) is 6.73. The summed E-state index contributed by atoms with van der Waals surface area (Å²) in [4.78, 5) is 20.5. The molecule has 2 fully saturated rings. The van der Waals surface area contributed by atoms with Crippen molar-refractivity contribution in [3.63, 3.8) is 0 Å². The van der Waals surface area contributed by atoms with Gasteiger partial charge in [-0.1, -0.05) is 0 Å². The molecule has 0 unspecified atom stereocenters. The van der Waals surface area contributed by atoms with Gasteiger partial charge in [-0.05, 0) is 45.4 Å². The van der Waals surface area contributed by atoms with Gasteiger partial charge in [-0.3, -0.25) is 4.79 Å². The molecule has 1 aromatic heterocycles. The highest BCUT2D eigenvalue weighted by Crippen LogP contribution is 2.25. The molecule has 0 bridgehead atoms. The number of ether oxygens (including phenoxy) is 2. The lowest BCUT2D eigenvalue weighted by Crippen LogP contribution is -2.32. The average Bonchev–Trinajstić information content (AvgIpc) is 2.64. The number of primary amides is 1. The highest BCUT2D eigenvalue weighted by Gasteiger charge is 2.24. The third kappa shape index (κ3) is 5.04. The third-order valence-electron chi connectivity index (χ3n) is 5.03. The van der Waals surface area contributed by atoms with Crippen LogP contribution in [0.1, 0.15) is 55.8 Å². The van der Waals surface area contributed by atoms with Crippen molar-refractivity contribution in [1.82, 2.24) is 9.97 Å². The van der Waals surface area contributed by atoms with Crippen molar-refractivity contribution in [3.8, 4) is 0 Å². The predicted molar refractivity (Wildman–Crippen MR) is 99.3 cm³/mol. The second-order valence-corrected chi connectivity index (χ2v) is 6.92. The molecule has 26 heavy (non-hydrogen) atoms. The number of rotatable bonds is 7. The molecule has 3 rings (SSSR count). The van der Waals surface area contributed by atoms with E-state index >= 15 is 0 Å². The summed E-state index contributed by atoms with van der Waals surface area (Å²) in [6.07, 6.45) is 7.67. The van der Waals surface area contributed by atoms with Crippen LogP contribution in [0.4, 0.5) is 11.8 Å². The Morgan fingerprint density at radius 2 is 1.88 bits per heavy atom. The Morgan fingerprint density at radius 3 is 2.54 bits per heavy atom. The molecule has 0 radical (unpaired) electrons. The van der Waals surface area contributed by atoms with Crippen LogP contribution in [0.2, 0.25) is 0 Å². The van der Waals surface area contributed by atoms with E-state index in [0.29, 0.717) is 23.4 Å². The molecule has 0 atom stereocenters. The van der Waals surface area contributed by atoms with E-state index in [0.717, 1.165) is 58.3 Å². The molecule has 4 N–H and O–H groups in total. The summed E-state index contributed by atoms with van der Waals surface area (Å²) >= 11 is 0. The van der Waals surface area contributed by atoms with E-state index in [1.54, 1.807) is 0 Å². The van der Waals surface area contributed by atoms with Gasteiger partial charge in [0.1, 0.15) is 5.82 Å². The van der Waals surface area contributed by atoms with Gasteiger partial charge in [0.05, 0.1) is 11.7 Å². The average molecular weight is 363 g/mol. The summed E-state index contributed by atoms with van der Waals surface area (Å²) in [5.74, 6) is 0.516. The monoisotopic (exact) mass is 363 g/mol. The third-order valence-corrected chi connectivity index (χ3v) is 5.03. The van der Waals surface area contributed by atoms with Crippen molar-refractivity contribution in [2.45, 2.75) is 63.6 Å². The molecule has 1 aliphatic heterocycles. The minimum atomic E-state index is -0.520. The van der Waals surface area contributed by atoms with Gasteiger partial charge in [0, 0.05) is 38.1 Å². The number of nitrogens with zero attached hydrogens (tertiary/aromatic N) is 2. The SMILES string of the molecule is CCOC1CCC(Nc2nc(NC3CCOCC3)ncc2C(N)=O)CC1. The lowest BCUT2D eigenvalue weighted by atomic mass is 9.93. The predicted octanol–water partition coefficient (Wildman–Crippen LogP) is 1.93. The van der Waals surface area contributed by atoms with Gasteiger partial charge >= 0.3 is 0 Å². The molecule has 144 valence electrons. The molecule has 1 saturated carbocycles. The number of aromatic nitrogens is 2. The first-order chi connectivity index (χ1) is 12.7. The second kappa shape index (κ2) is 9.14. The van der Waals surface area contributed by atoms with Crippen molar-refractivity contribution in [3.05, 3.63) is 11.8 Å². The van der Waals surface area contributed by atoms with Gasteiger partial charge in [0.15, 0.2) is 0 Å². The van der Waals surface area contributed by atoms with E-state index in [4.69, 9.17) is 15.2 Å². The number of carbonyl (C=O) groups excluding carboxylic acids is 1. The molecule has 1 amide bonds. The van der Waals surface area contributed by atoms with Crippen molar-refractivity contribution in [1.29, 1.82) is 0 Å². The van der Waals surface area contributed by atoms with E-state index in [9.17, 15) is 4.79 Å². The highest BCUT2D eigenvalue weighted by molar-refractivity contribution is 5.97. The Kier molecular flexibility index (Phi) is 6.62. The smallest absolute Gasteiger partial charge is 0.254 e. The van der Waals surface area contributed by atoms with Crippen LogP contribution in [0.15, 0.2) is 6.20 Å². The van der Waals surface area contributed by atoms with E-state index in [2.05, 4.69) is 20.6 Å². The fourth-order valence-corrected chi connectivity index (χ4v) is 3.57. The van der Waals surface area contributed by atoms with Gasteiger partial charge in [-0.2, -0.15) is 4.98 Å². The lowest BCUT2D eigenvalue weighted by molar-refractivity contribution is 0.0346. The summed E-state index contributed by atoms with van der Waals surface area (Å²) in [6, 6.07) is 0.549. The summed E-state index contributed by atoms with van der Waals surface area (Å²) in [6.45, 7) is 4.26. The van der Waals surface area contributed by atoms with Crippen LogP contribution in [-0.2, 0) is 9.47 Å². The zero-order valence-corrected chi connectivity index (χ0v) is 15.4. The van der Waals surface area contributed by atoms with E-state index in [1.165, 1.54) is 6.20 Å². The van der Waals surface area contributed by atoms with Gasteiger partial charge in [-0.25, -0.2) is 4.98 Å². The Bertz CT molecular complexity index is 598. The molecule has 1 saturated heterocycles. The molecule has 2 aliphatic rings. The molecule has 1 aliphatic carbocycles. The second-order valence-electron chi connectivity index (χ2n) is 6.92. The first kappa shape index (κ1) is 18.8. The maximum Gasteiger partial charge on any atom is 0.254 e. The molecule has 0 spiro atoms. The molecular formula is C18H29N5O3. The molecule has 2 heterocycles. The minimum absolute atomic E-state index is 0.260. The van der Waals surface area contributed by atoms with Gasteiger partial charge in [-0.15, -0.1) is 0 Å². The van der Waals surface area contributed by atoms with Crippen LogP contribution in [-0.4, -0.2) is 53.9 Å².